The Labute approximate surface area is 117 Å². The van der Waals surface area contributed by atoms with Crippen molar-refractivity contribution in [3.05, 3.63) is 34.9 Å². The summed E-state index contributed by atoms with van der Waals surface area (Å²) >= 11 is 6.09. The van der Waals surface area contributed by atoms with Crippen LogP contribution in [-0.4, -0.2) is 24.7 Å². The number of aliphatic carboxylic acids is 1. The van der Waals surface area contributed by atoms with E-state index in [0.717, 1.165) is 11.8 Å². The summed E-state index contributed by atoms with van der Waals surface area (Å²) in [6.07, 6.45) is 2.51. The van der Waals surface area contributed by atoms with E-state index < -0.39 is 5.97 Å². The van der Waals surface area contributed by atoms with Gasteiger partial charge >= 0.3 is 5.97 Å². The van der Waals surface area contributed by atoms with E-state index in [9.17, 15) is 4.79 Å². The van der Waals surface area contributed by atoms with Gasteiger partial charge < -0.3 is 10.0 Å². The molecule has 1 atom stereocenters. The fourth-order valence-electron chi connectivity index (χ4n) is 1.73. The molecule has 5 heteroatoms. The summed E-state index contributed by atoms with van der Waals surface area (Å²) in [6, 6.07) is 7.51. The van der Waals surface area contributed by atoms with E-state index in [-0.39, 0.29) is 5.92 Å². The Balaban J connectivity index is 3.10. The Morgan fingerprint density at radius 1 is 1.63 bits per heavy atom. The number of benzene rings is 1. The van der Waals surface area contributed by atoms with Crippen molar-refractivity contribution in [2.75, 3.05) is 18.5 Å². The fourth-order valence-corrected chi connectivity index (χ4v) is 1.96. The summed E-state index contributed by atoms with van der Waals surface area (Å²) in [7, 11) is 1.84. The Hall–Kier alpha value is -1.99. The number of halogens is 1. The highest BCUT2D eigenvalue weighted by molar-refractivity contribution is 6.32. The minimum absolute atomic E-state index is 0.125. The number of carboxylic acids is 1. The van der Waals surface area contributed by atoms with Crippen molar-refractivity contribution in [1.29, 1.82) is 5.26 Å². The number of carbonyl (C=O) groups is 1. The molecule has 1 aromatic rings. The molecule has 0 radical (unpaired) electrons. The van der Waals surface area contributed by atoms with Gasteiger partial charge in [0.2, 0.25) is 0 Å². The first-order valence-corrected chi connectivity index (χ1v) is 6.13. The van der Waals surface area contributed by atoms with Crippen LogP contribution in [0.25, 0.3) is 6.08 Å². The lowest BCUT2D eigenvalue weighted by atomic mass is 10.1. The topological polar surface area (TPSA) is 64.3 Å². The van der Waals surface area contributed by atoms with Crippen molar-refractivity contribution < 1.29 is 9.90 Å². The minimum atomic E-state index is -1.03. The molecule has 0 bridgehead atoms. The number of nitriles is 1. The molecule has 19 heavy (non-hydrogen) atoms. The molecule has 0 aliphatic rings. The van der Waals surface area contributed by atoms with Gasteiger partial charge in [-0.25, -0.2) is 4.79 Å². The minimum Gasteiger partial charge on any atom is -0.478 e. The van der Waals surface area contributed by atoms with Gasteiger partial charge in [0, 0.05) is 35.9 Å². The lowest BCUT2D eigenvalue weighted by Crippen LogP contribution is -2.23. The van der Waals surface area contributed by atoms with Gasteiger partial charge in [0.1, 0.15) is 0 Å². The molecule has 0 spiro atoms. The molecule has 0 fully saturated rings. The molecular weight excluding hydrogens is 264 g/mol. The van der Waals surface area contributed by atoms with Crippen LogP contribution in [0.1, 0.15) is 12.5 Å². The van der Waals surface area contributed by atoms with Crippen LogP contribution in [0, 0.1) is 17.2 Å². The molecule has 1 rings (SSSR count). The third kappa shape index (κ3) is 4.31. The fraction of sp³-hybridized carbons (Fsp3) is 0.286. The maximum atomic E-state index is 10.6. The first kappa shape index (κ1) is 15.1. The second-order valence-corrected chi connectivity index (χ2v) is 4.66. The first-order valence-electron chi connectivity index (χ1n) is 5.76. The van der Waals surface area contributed by atoms with E-state index in [2.05, 4.69) is 6.07 Å². The molecule has 0 saturated heterocycles. The van der Waals surface area contributed by atoms with E-state index in [1.54, 1.807) is 12.1 Å². The van der Waals surface area contributed by atoms with E-state index >= 15 is 0 Å². The van der Waals surface area contributed by atoms with Gasteiger partial charge in [-0.2, -0.15) is 5.26 Å². The normalized spacial score (nSPS) is 12.1. The third-order valence-electron chi connectivity index (χ3n) is 2.60. The SMILES string of the molecule is CC(C#N)CN(C)c1cccc(Cl)c1C=CC(=O)O. The lowest BCUT2D eigenvalue weighted by molar-refractivity contribution is -0.131. The summed E-state index contributed by atoms with van der Waals surface area (Å²) < 4.78 is 0. The summed E-state index contributed by atoms with van der Waals surface area (Å²) in [4.78, 5) is 12.5. The van der Waals surface area contributed by atoms with Crippen LogP contribution in [0.15, 0.2) is 24.3 Å². The highest BCUT2D eigenvalue weighted by atomic mass is 35.5. The lowest BCUT2D eigenvalue weighted by Gasteiger charge is -2.23. The second-order valence-electron chi connectivity index (χ2n) is 4.25. The standard InChI is InChI=1S/C14H15ClN2O2/c1-10(8-16)9-17(2)13-5-3-4-12(15)11(13)6-7-14(18)19/h3-7,10H,9H2,1-2H3,(H,18,19). The molecule has 1 unspecified atom stereocenters. The second kappa shape index (κ2) is 6.81. The van der Waals surface area contributed by atoms with Crippen molar-refractivity contribution in [2.24, 2.45) is 5.92 Å². The molecule has 0 aliphatic carbocycles. The maximum absolute atomic E-state index is 10.6. The largest absolute Gasteiger partial charge is 0.478 e. The Kier molecular flexibility index (Phi) is 5.40. The number of carboxylic acid groups (broad SMARTS) is 1. The van der Waals surface area contributed by atoms with E-state index in [1.807, 2.05) is 24.9 Å². The van der Waals surface area contributed by atoms with Crippen molar-refractivity contribution in [1.82, 2.24) is 0 Å². The zero-order chi connectivity index (χ0) is 14.4. The van der Waals surface area contributed by atoms with Gasteiger partial charge in [-0.15, -0.1) is 0 Å². The Bertz CT molecular complexity index is 535. The molecule has 0 aliphatic heterocycles. The number of hydrogen-bond donors (Lipinski definition) is 1. The van der Waals surface area contributed by atoms with Crippen LogP contribution in [0.3, 0.4) is 0 Å². The van der Waals surface area contributed by atoms with Crippen LogP contribution in [0.2, 0.25) is 5.02 Å². The summed E-state index contributed by atoms with van der Waals surface area (Å²) in [6.45, 7) is 2.37. The van der Waals surface area contributed by atoms with Gasteiger partial charge in [-0.05, 0) is 25.1 Å². The zero-order valence-corrected chi connectivity index (χ0v) is 11.6. The van der Waals surface area contributed by atoms with E-state index in [1.165, 1.54) is 6.08 Å². The van der Waals surface area contributed by atoms with Gasteiger partial charge in [-0.1, -0.05) is 17.7 Å². The van der Waals surface area contributed by atoms with Crippen molar-refractivity contribution in [3.8, 4) is 6.07 Å². The maximum Gasteiger partial charge on any atom is 0.328 e. The molecule has 0 saturated carbocycles. The van der Waals surface area contributed by atoms with E-state index in [0.29, 0.717) is 17.1 Å². The van der Waals surface area contributed by atoms with E-state index in [4.69, 9.17) is 22.0 Å². The molecule has 0 heterocycles. The van der Waals surface area contributed by atoms with Gasteiger partial charge in [0.15, 0.2) is 0 Å². The number of anilines is 1. The first-order chi connectivity index (χ1) is 8.95. The van der Waals surface area contributed by atoms with Crippen LogP contribution in [-0.2, 0) is 4.79 Å². The van der Waals surface area contributed by atoms with Gasteiger partial charge in [0.25, 0.3) is 0 Å². The quantitative estimate of drug-likeness (QED) is 0.841. The van der Waals surface area contributed by atoms with Crippen LogP contribution in [0.4, 0.5) is 5.69 Å². The average Bonchev–Trinajstić information content (AvgIpc) is 2.36. The molecular formula is C14H15ClN2O2. The van der Waals surface area contributed by atoms with Crippen molar-refractivity contribution >= 4 is 29.3 Å². The molecule has 0 aromatic heterocycles. The number of nitrogens with zero attached hydrogens (tertiary/aromatic N) is 2. The highest BCUT2D eigenvalue weighted by Gasteiger charge is 2.11. The van der Waals surface area contributed by atoms with Crippen LogP contribution in [0.5, 0.6) is 0 Å². The monoisotopic (exact) mass is 278 g/mol. The Morgan fingerprint density at radius 3 is 2.89 bits per heavy atom. The molecule has 100 valence electrons. The van der Waals surface area contributed by atoms with Crippen LogP contribution >= 0.6 is 11.6 Å². The summed E-state index contributed by atoms with van der Waals surface area (Å²) in [5.74, 6) is -1.15. The summed E-state index contributed by atoms with van der Waals surface area (Å²) in [5.41, 5.74) is 1.44. The summed E-state index contributed by atoms with van der Waals surface area (Å²) in [5, 5.41) is 18.0. The predicted octanol–water partition coefficient (Wildman–Crippen LogP) is 3.03. The molecule has 0 amide bonds. The highest BCUT2D eigenvalue weighted by Crippen LogP contribution is 2.28. The van der Waals surface area contributed by atoms with Gasteiger partial charge in [-0.3, -0.25) is 0 Å². The molecule has 4 nitrogen and oxygen atoms in total. The van der Waals surface area contributed by atoms with Crippen molar-refractivity contribution in [3.63, 3.8) is 0 Å². The average molecular weight is 279 g/mol. The predicted molar refractivity (Wildman–Crippen MR) is 76.2 cm³/mol. The van der Waals surface area contributed by atoms with Crippen LogP contribution < -0.4 is 4.90 Å². The number of rotatable bonds is 5. The van der Waals surface area contributed by atoms with Crippen molar-refractivity contribution in [2.45, 2.75) is 6.92 Å². The molecule has 1 N–H and O–H groups in total. The smallest absolute Gasteiger partial charge is 0.328 e. The zero-order valence-electron chi connectivity index (χ0n) is 10.8. The molecule has 1 aromatic carbocycles. The Morgan fingerprint density at radius 2 is 2.32 bits per heavy atom. The van der Waals surface area contributed by atoms with Gasteiger partial charge in [0.05, 0.1) is 12.0 Å². The number of hydrogen-bond acceptors (Lipinski definition) is 3. The third-order valence-corrected chi connectivity index (χ3v) is 2.93.